The maximum atomic E-state index is 12.5. The number of benzene rings is 4. The lowest BCUT2D eigenvalue weighted by atomic mass is 9.97. The number of aliphatic imine (C=N–C) groups is 1. The van der Waals surface area contributed by atoms with Crippen LogP contribution < -0.4 is 4.74 Å². The van der Waals surface area contributed by atoms with Gasteiger partial charge in [-0.2, -0.15) is 10.1 Å². The van der Waals surface area contributed by atoms with Crippen LogP contribution in [0, 0.1) is 0 Å². The van der Waals surface area contributed by atoms with Crippen molar-refractivity contribution >= 4 is 45.4 Å². The number of amides is 1. The number of rotatable bonds is 4. The average molecular weight is 490 g/mol. The van der Waals surface area contributed by atoms with Gasteiger partial charge in [0, 0.05) is 6.42 Å². The molecule has 1 atom stereocenters. The predicted octanol–water partition coefficient (Wildman–Crippen LogP) is 7.31. The van der Waals surface area contributed by atoms with Gasteiger partial charge in [-0.25, -0.2) is 5.01 Å². The van der Waals surface area contributed by atoms with Gasteiger partial charge in [0.2, 0.25) is 0 Å². The zero-order chi connectivity index (χ0) is 24.5. The Bertz CT molecular complexity index is 1540. The Labute approximate surface area is 213 Å². The van der Waals surface area contributed by atoms with Crippen molar-refractivity contribution in [2.24, 2.45) is 10.1 Å². The maximum absolute atomic E-state index is 12.5. The molecular weight excluding hydrogens is 466 g/mol. The number of hydrogen-bond donors (Lipinski definition) is 0. The second-order valence-electron chi connectivity index (χ2n) is 8.67. The summed E-state index contributed by atoms with van der Waals surface area (Å²) in [6, 6.07) is 32.7. The van der Waals surface area contributed by atoms with Crippen molar-refractivity contribution in [1.29, 1.82) is 0 Å². The van der Waals surface area contributed by atoms with Crippen molar-refractivity contribution in [3.05, 3.63) is 119 Å². The minimum absolute atomic E-state index is 0.0956. The summed E-state index contributed by atoms with van der Waals surface area (Å²) < 4.78 is 5.36. The summed E-state index contributed by atoms with van der Waals surface area (Å²) in [6.07, 6.45) is 2.70. The number of nitrogens with zero attached hydrogens (tertiary/aromatic N) is 3. The smallest absolute Gasteiger partial charge is 0.311 e. The lowest BCUT2D eigenvalue weighted by molar-refractivity contribution is 0.267. The summed E-state index contributed by atoms with van der Waals surface area (Å²) >= 11 is 1.15. The molecule has 0 aromatic heterocycles. The van der Waals surface area contributed by atoms with E-state index in [-0.39, 0.29) is 11.3 Å². The largest absolute Gasteiger partial charge is 0.497 e. The zero-order valence-electron chi connectivity index (χ0n) is 19.7. The number of carbonyl (C=O) groups is 1. The molecular formula is C30H23N3O2S. The van der Waals surface area contributed by atoms with Crippen molar-refractivity contribution in [3.63, 3.8) is 0 Å². The number of hydrazone groups is 1. The lowest BCUT2D eigenvalue weighted by Gasteiger charge is -2.24. The molecule has 36 heavy (non-hydrogen) atoms. The number of ether oxygens (including phenoxy) is 1. The molecule has 6 rings (SSSR count). The Morgan fingerprint density at radius 2 is 1.67 bits per heavy atom. The van der Waals surface area contributed by atoms with Crippen LogP contribution >= 0.6 is 11.8 Å². The molecule has 0 N–H and O–H groups in total. The molecule has 0 saturated carbocycles. The first kappa shape index (κ1) is 22.3. The lowest BCUT2D eigenvalue weighted by Crippen LogP contribution is -2.26. The van der Waals surface area contributed by atoms with Gasteiger partial charge in [0.1, 0.15) is 5.75 Å². The second-order valence-corrected chi connectivity index (χ2v) is 9.66. The SMILES string of the molecule is COc1ccc([C@H]2CC(c3ccc4ccccc4c3)=NN2C2=NC(=O)S/C2=C\c2ccccc2)cc1. The highest BCUT2D eigenvalue weighted by molar-refractivity contribution is 8.18. The van der Waals surface area contributed by atoms with Crippen LogP contribution in [0.2, 0.25) is 0 Å². The van der Waals surface area contributed by atoms with Crippen molar-refractivity contribution < 1.29 is 9.53 Å². The van der Waals surface area contributed by atoms with E-state index in [0.29, 0.717) is 12.3 Å². The third-order valence-corrected chi connectivity index (χ3v) is 7.21. The van der Waals surface area contributed by atoms with Crippen LogP contribution in [-0.2, 0) is 0 Å². The predicted molar refractivity (Wildman–Crippen MR) is 148 cm³/mol. The molecule has 6 heteroatoms. The number of thioether (sulfide) groups is 1. The average Bonchev–Trinajstić information content (AvgIpc) is 3.52. The molecule has 0 aliphatic carbocycles. The fourth-order valence-electron chi connectivity index (χ4n) is 4.60. The minimum Gasteiger partial charge on any atom is -0.497 e. The molecule has 4 aromatic rings. The molecule has 1 amide bonds. The third-order valence-electron chi connectivity index (χ3n) is 6.42. The normalized spacial score (nSPS) is 18.6. The molecule has 0 spiro atoms. The third kappa shape index (κ3) is 4.32. The van der Waals surface area contributed by atoms with E-state index in [9.17, 15) is 4.79 Å². The standard InChI is InChI=1S/C30H23N3O2S/c1-35-25-15-13-22(14-16-25)27-19-26(24-12-11-21-9-5-6-10-23(21)18-24)32-33(27)29-28(36-30(34)31-29)17-20-7-3-2-4-8-20/h2-18,27H,19H2,1H3/b28-17-/t27-/m1/s1. The molecule has 176 valence electrons. The molecule has 4 aromatic carbocycles. The van der Waals surface area contributed by atoms with E-state index in [1.807, 2.05) is 65.7 Å². The molecule has 0 radical (unpaired) electrons. The van der Waals surface area contributed by atoms with Crippen LogP contribution in [0.1, 0.15) is 29.2 Å². The molecule has 0 saturated heterocycles. The Hall–Kier alpha value is -4.16. The van der Waals surface area contributed by atoms with E-state index in [4.69, 9.17) is 9.84 Å². The van der Waals surface area contributed by atoms with E-state index >= 15 is 0 Å². The van der Waals surface area contributed by atoms with Gasteiger partial charge < -0.3 is 4.74 Å². The molecule has 0 bridgehead atoms. The van der Waals surface area contributed by atoms with E-state index in [1.165, 1.54) is 10.8 Å². The first-order valence-corrected chi connectivity index (χ1v) is 12.6. The van der Waals surface area contributed by atoms with Gasteiger partial charge in [-0.15, -0.1) is 0 Å². The summed E-state index contributed by atoms with van der Waals surface area (Å²) in [5.41, 5.74) is 4.14. The summed E-state index contributed by atoms with van der Waals surface area (Å²) in [6.45, 7) is 0. The maximum Gasteiger partial charge on any atom is 0.311 e. The van der Waals surface area contributed by atoms with Crippen molar-refractivity contribution in [2.75, 3.05) is 7.11 Å². The second kappa shape index (κ2) is 9.47. The van der Waals surface area contributed by atoms with Crippen molar-refractivity contribution in [2.45, 2.75) is 12.5 Å². The van der Waals surface area contributed by atoms with Gasteiger partial charge in [-0.05, 0) is 63.5 Å². The van der Waals surface area contributed by atoms with Crippen LogP contribution in [-0.4, -0.2) is 28.9 Å². The highest BCUT2D eigenvalue weighted by atomic mass is 32.2. The van der Waals surface area contributed by atoms with Gasteiger partial charge in [0.05, 0.1) is 23.8 Å². The zero-order valence-corrected chi connectivity index (χ0v) is 20.5. The van der Waals surface area contributed by atoms with Gasteiger partial charge in [0.25, 0.3) is 0 Å². The topological polar surface area (TPSA) is 54.3 Å². The van der Waals surface area contributed by atoms with E-state index in [2.05, 4.69) is 47.5 Å². The van der Waals surface area contributed by atoms with Crippen LogP contribution in [0.5, 0.6) is 5.75 Å². The molecule has 0 fully saturated rings. The molecule has 2 aliphatic heterocycles. The number of amidine groups is 1. The van der Waals surface area contributed by atoms with Crippen molar-refractivity contribution in [1.82, 2.24) is 5.01 Å². The minimum atomic E-state index is -0.227. The van der Waals surface area contributed by atoms with Crippen LogP contribution in [0.15, 0.2) is 112 Å². The Balaban J connectivity index is 1.43. The van der Waals surface area contributed by atoms with Gasteiger partial charge in [0.15, 0.2) is 5.84 Å². The quantitative estimate of drug-likeness (QED) is 0.302. The summed E-state index contributed by atoms with van der Waals surface area (Å²) in [4.78, 5) is 17.7. The fourth-order valence-corrected chi connectivity index (χ4v) is 5.34. The summed E-state index contributed by atoms with van der Waals surface area (Å²) in [7, 11) is 1.66. The van der Waals surface area contributed by atoms with Gasteiger partial charge in [-0.1, -0.05) is 78.9 Å². The molecule has 5 nitrogen and oxygen atoms in total. The Kier molecular flexibility index (Phi) is 5.87. The van der Waals surface area contributed by atoms with Crippen molar-refractivity contribution in [3.8, 4) is 5.75 Å². The first-order valence-electron chi connectivity index (χ1n) is 11.8. The molecule has 2 heterocycles. The van der Waals surface area contributed by atoms with Crippen LogP contribution in [0.25, 0.3) is 16.8 Å². The highest BCUT2D eigenvalue weighted by Gasteiger charge is 2.37. The number of carbonyl (C=O) groups excluding carboxylic acids is 1. The number of fused-ring (bicyclic) bond motifs is 1. The van der Waals surface area contributed by atoms with Crippen LogP contribution in [0.4, 0.5) is 4.79 Å². The first-order chi connectivity index (χ1) is 17.7. The van der Waals surface area contributed by atoms with E-state index < -0.39 is 0 Å². The van der Waals surface area contributed by atoms with E-state index in [1.54, 1.807) is 7.11 Å². The Morgan fingerprint density at radius 1 is 0.917 bits per heavy atom. The molecule has 0 unspecified atom stereocenters. The van der Waals surface area contributed by atoms with Gasteiger partial charge in [-0.3, -0.25) is 4.79 Å². The van der Waals surface area contributed by atoms with Crippen LogP contribution in [0.3, 0.4) is 0 Å². The van der Waals surface area contributed by atoms with Gasteiger partial charge >= 0.3 is 5.24 Å². The Morgan fingerprint density at radius 3 is 2.44 bits per heavy atom. The molecule has 2 aliphatic rings. The summed E-state index contributed by atoms with van der Waals surface area (Å²) in [5, 5.41) is 9.11. The number of methoxy groups -OCH3 is 1. The number of hydrogen-bond acceptors (Lipinski definition) is 5. The van der Waals surface area contributed by atoms with E-state index in [0.717, 1.165) is 44.8 Å². The highest BCUT2D eigenvalue weighted by Crippen LogP contribution is 2.40. The monoisotopic (exact) mass is 489 g/mol. The summed E-state index contributed by atoms with van der Waals surface area (Å²) in [5.74, 6) is 1.39. The fraction of sp³-hybridized carbons (Fsp3) is 0.100.